The van der Waals surface area contributed by atoms with E-state index in [4.69, 9.17) is 9.47 Å². The lowest BCUT2D eigenvalue weighted by molar-refractivity contribution is -0.121. The maximum Gasteiger partial charge on any atom is 0.408 e. The Morgan fingerprint density at radius 1 is 1.15 bits per heavy atom. The molecule has 2 amide bonds. The zero-order valence-electron chi connectivity index (χ0n) is 20.5. The van der Waals surface area contributed by atoms with E-state index >= 15 is 0 Å². The lowest BCUT2D eigenvalue weighted by atomic mass is 10.1. The highest BCUT2D eigenvalue weighted by molar-refractivity contribution is 7.20. The number of ether oxygens (including phenoxy) is 2. The maximum absolute atomic E-state index is 13.5. The third-order valence-corrected chi connectivity index (χ3v) is 6.45. The molecule has 1 aliphatic heterocycles. The molecule has 8 nitrogen and oxygen atoms in total. The van der Waals surface area contributed by atoms with Crippen molar-refractivity contribution in [1.29, 1.82) is 0 Å². The van der Waals surface area contributed by atoms with Gasteiger partial charge in [0.05, 0.1) is 0 Å². The zero-order valence-corrected chi connectivity index (χ0v) is 21.3. The van der Waals surface area contributed by atoms with Crippen LogP contribution in [0.2, 0.25) is 0 Å². The number of nitrogens with zero attached hydrogens (tertiary/aromatic N) is 2. The molecule has 1 aromatic heterocycles. The topological polar surface area (TPSA) is 92.8 Å². The molecule has 2 N–H and O–H groups in total. The molecule has 3 rings (SSSR count). The summed E-state index contributed by atoms with van der Waals surface area (Å²) in [5, 5.41) is 6.68. The molecule has 1 aromatic carbocycles. The third kappa shape index (κ3) is 6.66. The second kappa shape index (κ2) is 10.3. The van der Waals surface area contributed by atoms with Gasteiger partial charge in [-0.05, 0) is 71.7 Å². The van der Waals surface area contributed by atoms with Crippen LogP contribution in [0.15, 0.2) is 24.3 Å². The van der Waals surface area contributed by atoms with Gasteiger partial charge >= 0.3 is 6.09 Å². The minimum Gasteiger partial charge on any atom is -0.444 e. The Hall–Kier alpha value is -2.72. The van der Waals surface area contributed by atoms with E-state index in [-0.39, 0.29) is 11.9 Å². The second-order valence-corrected chi connectivity index (χ2v) is 10.8. The van der Waals surface area contributed by atoms with E-state index in [2.05, 4.69) is 20.5 Å². The SMILES string of the molecule is CN(c1sc(NC(=O)C(C)(C)NC(=O)OC(C)(C)C)nc1-c1ccc(F)cc1)C1CCOCC1. The van der Waals surface area contributed by atoms with Gasteiger partial charge in [-0.1, -0.05) is 11.3 Å². The van der Waals surface area contributed by atoms with Crippen LogP contribution >= 0.6 is 11.3 Å². The quantitative estimate of drug-likeness (QED) is 0.601. The number of hydrogen-bond acceptors (Lipinski definition) is 7. The summed E-state index contributed by atoms with van der Waals surface area (Å²) in [4.78, 5) is 32.0. The highest BCUT2D eigenvalue weighted by Crippen LogP contribution is 2.40. The summed E-state index contributed by atoms with van der Waals surface area (Å²) in [7, 11) is 2.00. The number of carbonyl (C=O) groups is 2. The Bertz CT molecular complexity index is 1010. The highest BCUT2D eigenvalue weighted by Gasteiger charge is 2.33. The number of aromatic nitrogens is 1. The summed E-state index contributed by atoms with van der Waals surface area (Å²) in [6.07, 6.45) is 1.08. The highest BCUT2D eigenvalue weighted by atomic mass is 32.1. The van der Waals surface area contributed by atoms with Crippen LogP contribution in [0.25, 0.3) is 11.3 Å². The van der Waals surface area contributed by atoms with Gasteiger partial charge in [-0.25, -0.2) is 14.2 Å². The molecule has 2 aromatic rings. The van der Waals surface area contributed by atoms with Crippen LogP contribution in [0.1, 0.15) is 47.5 Å². The van der Waals surface area contributed by atoms with Crippen molar-refractivity contribution in [2.45, 2.75) is 64.6 Å². The molecule has 0 radical (unpaired) electrons. The van der Waals surface area contributed by atoms with Crippen LogP contribution in [-0.2, 0) is 14.3 Å². The summed E-state index contributed by atoms with van der Waals surface area (Å²) < 4.78 is 24.3. The second-order valence-electron chi connectivity index (χ2n) is 9.84. The molecule has 186 valence electrons. The minimum absolute atomic E-state index is 0.266. The van der Waals surface area contributed by atoms with Crippen molar-refractivity contribution in [2.75, 3.05) is 30.5 Å². The molecule has 2 heterocycles. The summed E-state index contributed by atoms with van der Waals surface area (Å²) >= 11 is 1.34. The van der Waals surface area contributed by atoms with Gasteiger partial charge in [-0.3, -0.25) is 10.1 Å². The van der Waals surface area contributed by atoms with E-state index in [1.54, 1.807) is 46.8 Å². The maximum atomic E-state index is 13.5. The van der Waals surface area contributed by atoms with Gasteiger partial charge in [0.2, 0.25) is 0 Å². The number of alkyl carbamates (subject to hydrolysis) is 1. The number of amides is 2. The molecule has 1 fully saturated rings. The molecule has 0 saturated carbocycles. The number of anilines is 2. The minimum atomic E-state index is -1.24. The molecule has 1 aliphatic rings. The smallest absolute Gasteiger partial charge is 0.408 e. The summed E-state index contributed by atoms with van der Waals surface area (Å²) in [6, 6.07) is 6.39. The average Bonchev–Trinajstić information content (AvgIpc) is 3.16. The number of halogens is 1. The first-order valence-corrected chi connectivity index (χ1v) is 12.1. The van der Waals surface area contributed by atoms with E-state index < -0.39 is 23.1 Å². The van der Waals surface area contributed by atoms with Crippen molar-refractivity contribution in [3.05, 3.63) is 30.1 Å². The first-order chi connectivity index (χ1) is 15.9. The van der Waals surface area contributed by atoms with Crippen molar-refractivity contribution in [3.8, 4) is 11.3 Å². The number of carbonyl (C=O) groups excluding carboxylic acids is 2. The largest absolute Gasteiger partial charge is 0.444 e. The Labute approximate surface area is 203 Å². The van der Waals surface area contributed by atoms with E-state index in [0.29, 0.717) is 24.0 Å². The predicted octanol–water partition coefficient (Wildman–Crippen LogP) is 4.81. The molecular formula is C24H33FN4O4S. The predicted molar refractivity (Wildman–Crippen MR) is 132 cm³/mol. The van der Waals surface area contributed by atoms with Gasteiger partial charge < -0.3 is 19.7 Å². The van der Waals surface area contributed by atoms with Crippen LogP contribution in [0.5, 0.6) is 0 Å². The normalized spacial score (nSPS) is 15.0. The fourth-order valence-electron chi connectivity index (χ4n) is 3.51. The summed E-state index contributed by atoms with van der Waals surface area (Å²) in [6.45, 7) is 9.82. The van der Waals surface area contributed by atoms with Gasteiger partial charge in [-0.15, -0.1) is 0 Å². The van der Waals surface area contributed by atoms with Gasteiger partial charge in [0.25, 0.3) is 5.91 Å². The molecule has 34 heavy (non-hydrogen) atoms. The molecule has 10 heteroatoms. The monoisotopic (exact) mass is 492 g/mol. The van der Waals surface area contributed by atoms with Crippen molar-refractivity contribution in [3.63, 3.8) is 0 Å². The molecule has 0 unspecified atom stereocenters. The van der Waals surface area contributed by atoms with Crippen LogP contribution < -0.4 is 15.5 Å². The molecule has 0 bridgehead atoms. The first-order valence-electron chi connectivity index (χ1n) is 11.3. The fourth-order valence-corrected chi connectivity index (χ4v) is 4.52. The molecule has 0 aliphatic carbocycles. The van der Waals surface area contributed by atoms with Gasteiger partial charge in [-0.2, -0.15) is 0 Å². The van der Waals surface area contributed by atoms with Gasteiger partial charge in [0.1, 0.15) is 27.7 Å². The third-order valence-electron chi connectivity index (χ3n) is 5.39. The number of hydrogen-bond donors (Lipinski definition) is 2. The van der Waals surface area contributed by atoms with Crippen molar-refractivity contribution < 1.29 is 23.5 Å². The number of benzene rings is 1. The fraction of sp³-hybridized carbons (Fsp3) is 0.542. The van der Waals surface area contributed by atoms with Crippen LogP contribution in [-0.4, -0.2) is 54.4 Å². The molecular weight excluding hydrogens is 459 g/mol. The van der Waals surface area contributed by atoms with E-state index in [0.717, 1.165) is 23.4 Å². The number of rotatable bonds is 6. The number of thiazole rings is 1. The standard InChI is InChI=1S/C24H33FN4O4S/c1-23(2,3)33-22(31)28-24(4,5)20(30)27-21-26-18(15-7-9-16(25)10-8-15)19(34-21)29(6)17-11-13-32-14-12-17/h7-10,17H,11-14H2,1-6H3,(H,28,31)(H,26,27,30). The van der Waals surface area contributed by atoms with Gasteiger partial charge in [0.15, 0.2) is 5.13 Å². The van der Waals surface area contributed by atoms with Crippen LogP contribution in [0, 0.1) is 5.82 Å². The zero-order chi connectivity index (χ0) is 25.1. The van der Waals surface area contributed by atoms with E-state index in [1.165, 1.54) is 23.5 Å². The molecule has 0 spiro atoms. The Balaban J connectivity index is 1.84. The van der Waals surface area contributed by atoms with Crippen molar-refractivity contribution in [2.24, 2.45) is 0 Å². The number of nitrogens with one attached hydrogen (secondary N) is 2. The van der Waals surface area contributed by atoms with Crippen LogP contribution in [0.4, 0.5) is 19.3 Å². The lowest BCUT2D eigenvalue weighted by Crippen LogP contribution is -2.53. The first kappa shape index (κ1) is 25.9. The molecule has 0 atom stereocenters. The molecule has 1 saturated heterocycles. The van der Waals surface area contributed by atoms with Crippen molar-refractivity contribution >= 4 is 33.5 Å². The summed E-state index contributed by atoms with van der Waals surface area (Å²) in [5.74, 6) is -0.764. The lowest BCUT2D eigenvalue weighted by Gasteiger charge is -2.32. The van der Waals surface area contributed by atoms with Crippen LogP contribution in [0.3, 0.4) is 0 Å². The Morgan fingerprint density at radius 3 is 2.35 bits per heavy atom. The Morgan fingerprint density at radius 2 is 1.76 bits per heavy atom. The average molecular weight is 493 g/mol. The summed E-state index contributed by atoms with van der Waals surface area (Å²) in [5.41, 5.74) is -0.512. The van der Waals surface area contributed by atoms with Gasteiger partial charge in [0, 0.05) is 31.9 Å². The van der Waals surface area contributed by atoms with E-state index in [1.807, 2.05) is 7.05 Å². The van der Waals surface area contributed by atoms with E-state index in [9.17, 15) is 14.0 Å². The van der Waals surface area contributed by atoms with Crippen molar-refractivity contribution in [1.82, 2.24) is 10.3 Å². The Kier molecular flexibility index (Phi) is 7.82.